The first-order valence-electron chi connectivity index (χ1n) is 9.98. The van der Waals surface area contributed by atoms with Crippen LogP contribution < -0.4 is 4.72 Å². The van der Waals surface area contributed by atoms with Gasteiger partial charge in [0.05, 0.1) is 35.4 Å². The average molecular weight is 509 g/mol. The Morgan fingerprint density at radius 1 is 1.36 bits per heavy atom. The maximum absolute atomic E-state index is 13.7. The van der Waals surface area contributed by atoms with Gasteiger partial charge in [0, 0.05) is 6.54 Å². The molecule has 1 fully saturated rings. The lowest BCUT2D eigenvalue weighted by molar-refractivity contribution is -0.172. The Labute approximate surface area is 191 Å². The highest BCUT2D eigenvalue weighted by Gasteiger charge is 2.48. The highest BCUT2D eigenvalue weighted by atomic mass is 32.2. The number of imidazole rings is 1. The predicted octanol–water partition coefficient (Wildman–Crippen LogP) is 1.86. The molecule has 1 atom stereocenters. The minimum absolute atomic E-state index is 0.108. The quantitative estimate of drug-likeness (QED) is 0.544. The second kappa shape index (κ2) is 7.85. The number of aliphatic hydroxyl groups is 2. The van der Waals surface area contributed by atoms with Crippen LogP contribution in [0.15, 0.2) is 17.1 Å². The van der Waals surface area contributed by atoms with Gasteiger partial charge in [-0.15, -0.1) is 0 Å². The number of sulfonamides is 1. The molecule has 182 valence electrons. The number of nitrogens with zero attached hydrogens (tertiary/aromatic N) is 3. The zero-order valence-corrected chi connectivity index (χ0v) is 19.6. The van der Waals surface area contributed by atoms with Gasteiger partial charge < -0.3 is 14.9 Å². The Morgan fingerprint density at radius 3 is 2.58 bits per heavy atom. The van der Waals surface area contributed by atoms with Crippen LogP contribution in [0.2, 0.25) is 0 Å². The molecule has 3 heterocycles. The van der Waals surface area contributed by atoms with Crippen LogP contribution in [-0.2, 0) is 20.4 Å². The Bertz CT molecular complexity index is 1250. The topological polar surface area (TPSA) is 126 Å². The molecule has 4 rings (SSSR count). The van der Waals surface area contributed by atoms with Crippen molar-refractivity contribution in [3.63, 3.8) is 0 Å². The third-order valence-corrected chi connectivity index (χ3v) is 8.20. The van der Waals surface area contributed by atoms with Crippen molar-refractivity contribution in [2.75, 3.05) is 19.8 Å². The van der Waals surface area contributed by atoms with Crippen molar-refractivity contribution in [1.29, 1.82) is 0 Å². The highest BCUT2D eigenvalue weighted by Crippen LogP contribution is 2.42. The molecular weight excluding hydrogens is 485 g/mol. The van der Waals surface area contributed by atoms with Crippen molar-refractivity contribution in [2.24, 2.45) is 5.92 Å². The van der Waals surface area contributed by atoms with Crippen molar-refractivity contribution in [3.05, 3.63) is 33.5 Å². The van der Waals surface area contributed by atoms with E-state index in [2.05, 4.69) is 14.8 Å². The van der Waals surface area contributed by atoms with E-state index in [0.29, 0.717) is 21.4 Å². The molecule has 2 aliphatic rings. The van der Waals surface area contributed by atoms with Crippen LogP contribution in [0.25, 0.3) is 10.5 Å². The zero-order chi connectivity index (χ0) is 24.4. The number of halogens is 3. The number of ether oxygens (including phenoxy) is 1. The van der Waals surface area contributed by atoms with Gasteiger partial charge >= 0.3 is 6.18 Å². The maximum atomic E-state index is 13.7. The van der Waals surface area contributed by atoms with Gasteiger partial charge in [0.2, 0.25) is 15.0 Å². The van der Waals surface area contributed by atoms with E-state index < -0.39 is 51.2 Å². The monoisotopic (exact) mass is 508 g/mol. The average Bonchev–Trinajstić information content (AvgIpc) is 3.20. The summed E-state index contributed by atoms with van der Waals surface area (Å²) >= 11 is 1.13. The summed E-state index contributed by atoms with van der Waals surface area (Å²) in [6.07, 6.45) is -3.10. The third-order valence-electron chi connectivity index (χ3n) is 5.43. The normalized spacial score (nSPS) is 21.6. The van der Waals surface area contributed by atoms with Gasteiger partial charge in [-0.3, -0.25) is 0 Å². The standard InChI is InChI=1S/C19H23F3N4O5S2/c1-10-14(26-16(24-10)32-15(25-26)17(2,3)27)11-4-5-12(19(20,21)22)13(6-11)33(29,30)23-7-18(28)8-31-9-18/h4,6,12,23,27-28H,5,7-9H2,1-3H3. The van der Waals surface area contributed by atoms with Crippen molar-refractivity contribution in [1.82, 2.24) is 19.3 Å². The number of alkyl halides is 3. The first kappa shape index (κ1) is 24.3. The molecule has 33 heavy (non-hydrogen) atoms. The fourth-order valence-corrected chi connectivity index (χ4v) is 6.04. The summed E-state index contributed by atoms with van der Waals surface area (Å²) in [5, 5.41) is 25.0. The molecule has 1 unspecified atom stereocenters. The summed E-state index contributed by atoms with van der Waals surface area (Å²) in [6.45, 7) is 4.05. The van der Waals surface area contributed by atoms with Crippen molar-refractivity contribution in [2.45, 2.75) is 44.6 Å². The number of allylic oxidation sites excluding steroid dienone is 4. The minimum Gasteiger partial charge on any atom is -0.384 e. The molecule has 1 aliphatic carbocycles. The third kappa shape index (κ3) is 4.59. The number of hydrogen-bond acceptors (Lipinski definition) is 8. The molecule has 9 nitrogen and oxygen atoms in total. The van der Waals surface area contributed by atoms with Crippen molar-refractivity contribution >= 4 is 31.9 Å². The van der Waals surface area contributed by atoms with Gasteiger partial charge in [0.15, 0.2) is 0 Å². The summed E-state index contributed by atoms with van der Waals surface area (Å²) in [4.78, 5) is 3.94. The van der Waals surface area contributed by atoms with Crippen LogP contribution in [0.3, 0.4) is 0 Å². The van der Waals surface area contributed by atoms with Gasteiger partial charge in [0.25, 0.3) is 0 Å². The fraction of sp³-hybridized carbons (Fsp3) is 0.579. The molecule has 0 amide bonds. The van der Waals surface area contributed by atoms with E-state index in [-0.39, 0.29) is 18.8 Å². The first-order valence-corrected chi connectivity index (χ1v) is 12.3. The second-order valence-electron chi connectivity index (χ2n) is 8.78. The first-order chi connectivity index (χ1) is 15.1. The lowest BCUT2D eigenvalue weighted by Crippen LogP contribution is -2.57. The van der Waals surface area contributed by atoms with E-state index in [1.165, 1.54) is 10.6 Å². The molecule has 1 aliphatic heterocycles. The van der Waals surface area contributed by atoms with Gasteiger partial charge in [-0.2, -0.15) is 18.3 Å². The Balaban J connectivity index is 1.76. The molecule has 0 saturated carbocycles. The van der Waals surface area contributed by atoms with E-state index in [4.69, 9.17) is 4.74 Å². The molecule has 14 heteroatoms. The number of rotatable bonds is 6. The van der Waals surface area contributed by atoms with E-state index in [0.717, 1.165) is 17.4 Å². The fourth-order valence-electron chi connectivity index (χ4n) is 3.58. The summed E-state index contributed by atoms with van der Waals surface area (Å²) in [5.74, 6) is -2.24. The molecule has 3 N–H and O–H groups in total. The second-order valence-corrected chi connectivity index (χ2v) is 11.5. The lowest BCUT2D eigenvalue weighted by atomic mass is 9.94. The van der Waals surface area contributed by atoms with Gasteiger partial charge in [0.1, 0.15) is 16.2 Å². The van der Waals surface area contributed by atoms with Crippen LogP contribution in [-0.4, -0.2) is 64.8 Å². The van der Waals surface area contributed by atoms with Gasteiger partial charge in [-0.05, 0) is 38.8 Å². The predicted molar refractivity (Wildman–Crippen MR) is 114 cm³/mol. The number of hydrogen-bond donors (Lipinski definition) is 3. The van der Waals surface area contributed by atoms with Crippen LogP contribution >= 0.6 is 11.3 Å². The van der Waals surface area contributed by atoms with Crippen LogP contribution in [0.5, 0.6) is 0 Å². The number of aromatic nitrogens is 3. The maximum Gasteiger partial charge on any atom is 0.396 e. The van der Waals surface area contributed by atoms with Gasteiger partial charge in [-0.1, -0.05) is 17.4 Å². The summed E-state index contributed by atoms with van der Waals surface area (Å²) < 4.78 is 75.3. The molecule has 1 saturated heterocycles. The van der Waals surface area contributed by atoms with E-state index >= 15 is 0 Å². The highest BCUT2D eigenvalue weighted by molar-refractivity contribution is 7.93. The van der Waals surface area contributed by atoms with E-state index in [1.54, 1.807) is 20.8 Å². The number of nitrogens with one attached hydrogen (secondary N) is 1. The molecule has 0 aromatic carbocycles. The van der Waals surface area contributed by atoms with E-state index in [1.807, 2.05) is 0 Å². The lowest BCUT2D eigenvalue weighted by Gasteiger charge is -2.36. The minimum atomic E-state index is -4.80. The van der Waals surface area contributed by atoms with Crippen LogP contribution in [0.1, 0.15) is 36.7 Å². The number of aryl methyl sites for hydroxylation is 1. The molecule has 0 bridgehead atoms. The molecule has 0 spiro atoms. The Kier molecular flexibility index (Phi) is 5.78. The summed E-state index contributed by atoms with van der Waals surface area (Å²) in [6, 6.07) is 0. The van der Waals surface area contributed by atoms with Gasteiger partial charge in [-0.25, -0.2) is 22.6 Å². The largest absolute Gasteiger partial charge is 0.396 e. The molecular formula is C19H23F3N4O5S2. The van der Waals surface area contributed by atoms with Crippen molar-refractivity contribution < 1.29 is 36.5 Å². The smallest absolute Gasteiger partial charge is 0.384 e. The zero-order valence-electron chi connectivity index (χ0n) is 18.0. The van der Waals surface area contributed by atoms with Crippen LogP contribution in [0.4, 0.5) is 13.2 Å². The molecule has 0 radical (unpaired) electrons. The SMILES string of the molecule is Cc1nc2sc(C(C)(C)O)nn2c1C1=CCC(C(F)(F)F)C(S(=O)(=O)NCC2(O)COC2)=C1. The van der Waals surface area contributed by atoms with E-state index in [9.17, 15) is 31.8 Å². The summed E-state index contributed by atoms with van der Waals surface area (Å²) in [5.41, 5.74) is -1.68. The Morgan fingerprint density at radius 2 is 2.03 bits per heavy atom. The molecule has 2 aromatic rings. The molecule has 2 aromatic heterocycles. The summed E-state index contributed by atoms with van der Waals surface area (Å²) in [7, 11) is -4.59. The van der Waals surface area contributed by atoms with Crippen LogP contribution in [0, 0.1) is 12.8 Å². The number of fused-ring (bicyclic) bond motifs is 1. The van der Waals surface area contributed by atoms with Crippen molar-refractivity contribution in [3.8, 4) is 0 Å². The Hall–Kier alpha value is -1.84.